The van der Waals surface area contributed by atoms with Gasteiger partial charge in [-0.15, -0.1) is 0 Å². The molecule has 18 heavy (non-hydrogen) atoms. The molecule has 0 unspecified atom stereocenters. The molecule has 0 atom stereocenters. The molecule has 0 fully saturated rings. The molecule has 1 aromatic heterocycles. The Morgan fingerprint density at radius 1 is 1.33 bits per heavy atom. The van der Waals surface area contributed by atoms with E-state index in [0.717, 1.165) is 5.56 Å². The number of nitrogens with two attached hydrogens (primary N) is 1. The van der Waals surface area contributed by atoms with Gasteiger partial charge in [-0.3, -0.25) is 10.1 Å². The summed E-state index contributed by atoms with van der Waals surface area (Å²) in [4.78, 5) is 9.75. The van der Waals surface area contributed by atoms with Crippen molar-refractivity contribution in [1.82, 2.24) is 4.57 Å². The minimum Gasteiger partial charge on any atom is -0.350 e. The van der Waals surface area contributed by atoms with Gasteiger partial charge in [-0.25, -0.2) is 0 Å². The molecule has 2 rings (SSSR count). The van der Waals surface area contributed by atoms with E-state index in [4.69, 9.17) is 5.73 Å². The fourth-order valence-corrected chi connectivity index (χ4v) is 1.72. The monoisotopic (exact) mass is 249 g/mol. The summed E-state index contributed by atoms with van der Waals surface area (Å²) in [7, 11) is 0. The van der Waals surface area contributed by atoms with E-state index in [1.54, 1.807) is 6.07 Å². The van der Waals surface area contributed by atoms with Crippen molar-refractivity contribution in [1.29, 1.82) is 0 Å². The van der Waals surface area contributed by atoms with E-state index in [-0.39, 0.29) is 0 Å². The summed E-state index contributed by atoms with van der Waals surface area (Å²) in [6.07, 6.45) is 3.70. The summed E-state index contributed by atoms with van der Waals surface area (Å²) in [6.45, 7) is 0.899. The third kappa shape index (κ3) is 2.54. The summed E-state index contributed by atoms with van der Waals surface area (Å²) in [5, 5.41) is 10.5. The van der Waals surface area contributed by atoms with Crippen LogP contribution in [0.3, 0.4) is 0 Å². The van der Waals surface area contributed by atoms with Crippen LogP contribution in [0.25, 0.3) is 0 Å². The van der Waals surface area contributed by atoms with E-state index in [1.807, 2.05) is 23.0 Å². The first-order chi connectivity index (χ1) is 8.60. The van der Waals surface area contributed by atoms with Gasteiger partial charge in [0.05, 0.1) is 4.92 Å². The molecule has 0 aliphatic carbocycles. The van der Waals surface area contributed by atoms with Crippen molar-refractivity contribution < 1.29 is 9.31 Å². The topological polar surface area (TPSA) is 74.1 Å². The highest BCUT2D eigenvalue weighted by Gasteiger charge is 2.13. The molecule has 0 spiro atoms. The van der Waals surface area contributed by atoms with Crippen molar-refractivity contribution in [3.8, 4) is 0 Å². The van der Waals surface area contributed by atoms with Crippen LogP contribution in [0.4, 0.5) is 10.1 Å². The lowest BCUT2D eigenvalue weighted by Gasteiger charge is -2.03. The van der Waals surface area contributed by atoms with Gasteiger partial charge < -0.3 is 10.3 Å². The maximum absolute atomic E-state index is 13.4. The largest absolute Gasteiger partial charge is 0.350 e. The number of halogens is 1. The number of aromatic nitrogens is 1. The van der Waals surface area contributed by atoms with Crippen LogP contribution in [0.5, 0.6) is 0 Å². The van der Waals surface area contributed by atoms with Gasteiger partial charge in [0.25, 0.3) is 0 Å². The van der Waals surface area contributed by atoms with Gasteiger partial charge in [0.1, 0.15) is 0 Å². The fraction of sp³-hybridized carbons (Fsp3) is 0.167. The average molecular weight is 249 g/mol. The normalized spacial score (nSPS) is 10.6. The molecule has 6 heteroatoms. The van der Waals surface area contributed by atoms with Gasteiger partial charge in [-0.1, -0.05) is 6.07 Å². The van der Waals surface area contributed by atoms with Crippen molar-refractivity contribution >= 4 is 5.69 Å². The molecular weight excluding hydrogens is 237 g/mol. The summed E-state index contributed by atoms with van der Waals surface area (Å²) in [5.74, 6) is -0.816. The van der Waals surface area contributed by atoms with Crippen LogP contribution in [-0.4, -0.2) is 9.49 Å². The molecule has 0 bridgehead atoms. The van der Waals surface area contributed by atoms with E-state index in [9.17, 15) is 14.5 Å². The molecule has 2 aromatic rings. The first-order valence-electron chi connectivity index (χ1n) is 5.37. The summed E-state index contributed by atoms with van der Waals surface area (Å²) in [6, 6.07) is 5.78. The molecule has 5 nitrogen and oxygen atoms in total. The number of rotatable bonds is 4. The Kier molecular flexibility index (Phi) is 3.38. The maximum Gasteiger partial charge on any atom is 0.304 e. The second-order valence-electron chi connectivity index (χ2n) is 3.94. The van der Waals surface area contributed by atoms with Crippen LogP contribution in [0, 0.1) is 15.9 Å². The average Bonchev–Trinajstić information content (AvgIpc) is 2.76. The first-order valence-corrected chi connectivity index (χ1v) is 5.37. The van der Waals surface area contributed by atoms with Crippen molar-refractivity contribution in [2.24, 2.45) is 5.73 Å². The maximum atomic E-state index is 13.4. The Bertz CT molecular complexity index is 580. The molecular formula is C12H12FN3O2. The summed E-state index contributed by atoms with van der Waals surface area (Å²) >= 11 is 0. The fourth-order valence-electron chi connectivity index (χ4n) is 1.72. The lowest BCUT2D eigenvalue weighted by atomic mass is 10.2. The molecule has 1 aromatic carbocycles. The molecule has 0 aliphatic rings. The summed E-state index contributed by atoms with van der Waals surface area (Å²) < 4.78 is 15.3. The van der Waals surface area contributed by atoms with E-state index in [2.05, 4.69) is 0 Å². The van der Waals surface area contributed by atoms with E-state index in [1.165, 1.54) is 12.1 Å². The molecule has 2 N–H and O–H groups in total. The van der Waals surface area contributed by atoms with Crippen molar-refractivity contribution in [3.63, 3.8) is 0 Å². The van der Waals surface area contributed by atoms with Gasteiger partial charge in [0.2, 0.25) is 5.82 Å². The number of nitro groups is 1. The lowest BCUT2D eigenvalue weighted by molar-refractivity contribution is -0.387. The number of nitro benzene ring substituents is 1. The molecule has 1 heterocycles. The van der Waals surface area contributed by atoms with Crippen LogP contribution in [0.1, 0.15) is 11.1 Å². The third-order valence-corrected chi connectivity index (χ3v) is 2.62. The second-order valence-corrected chi connectivity index (χ2v) is 3.94. The molecule has 0 saturated carbocycles. The minimum absolute atomic E-state index is 0.446. The van der Waals surface area contributed by atoms with Crippen molar-refractivity contribution in [2.45, 2.75) is 13.1 Å². The van der Waals surface area contributed by atoms with Crippen LogP contribution in [0.2, 0.25) is 0 Å². The molecule has 94 valence electrons. The quantitative estimate of drug-likeness (QED) is 0.665. The Labute approximate surface area is 103 Å². The van der Waals surface area contributed by atoms with E-state index >= 15 is 0 Å². The first kappa shape index (κ1) is 12.3. The molecule has 0 saturated heterocycles. The zero-order chi connectivity index (χ0) is 13.1. The number of hydrogen-bond acceptors (Lipinski definition) is 3. The Morgan fingerprint density at radius 2 is 2.11 bits per heavy atom. The zero-order valence-corrected chi connectivity index (χ0v) is 9.54. The highest BCUT2D eigenvalue weighted by Crippen LogP contribution is 2.18. The van der Waals surface area contributed by atoms with Crippen molar-refractivity contribution in [3.05, 3.63) is 63.7 Å². The van der Waals surface area contributed by atoms with Gasteiger partial charge in [0.15, 0.2) is 0 Å². The summed E-state index contributed by atoms with van der Waals surface area (Å²) in [5.41, 5.74) is 6.63. The number of hydrogen-bond donors (Lipinski definition) is 1. The minimum atomic E-state index is -0.816. The van der Waals surface area contributed by atoms with Gasteiger partial charge in [-0.2, -0.15) is 4.39 Å². The van der Waals surface area contributed by atoms with E-state index < -0.39 is 16.4 Å². The van der Waals surface area contributed by atoms with Gasteiger partial charge in [-0.05, 0) is 23.3 Å². The second kappa shape index (κ2) is 4.97. The third-order valence-electron chi connectivity index (χ3n) is 2.62. The Balaban J connectivity index is 2.19. The van der Waals surface area contributed by atoms with Crippen molar-refractivity contribution in [2.75, 3.05) is 0 Å². The van der Waals surface area contributed by atoms with Crippen LogP contribution in [0.15, 0.2) is 36.7 Å². The number of nitrogens with zero attached hydrogens (tertiary/aromatic N) is 2. The molecule has 0 amide bonds. The molecule has 0 aliphatic heterocycles. The standard InChI is InChI=1S/C12H12FN3O2/c13-11-5-9(1-2-12(11)16(17)18)7-15-4-3-10(6-14)8-15/h1-5,8H,6-7,14H2. The molecule has 0 radical (unpaired) electrons. The van der Waals surface area contributed by atoms with Gasteiger partial charge in [0, 0.05) is 31.5 Å². The highest BCUT2D eigenvalue weighted by atomic mass is 19.1. The predicted octanol–water partition coefficient (Wildman–Crippen LogP) is 2.04. The van der Waals surface area contributed by atoms with E-state index in [0.29, 0.717) is 18.7 Å². The Hall–Kier alpha value is -2.21. The van der Waals surface area contributed by atoms with Crippen LogP contribution >= 0.6 is 0 Å². The Morgan fingerprint density at radius 3 is 2.67 bits per heavy atom. The van der Waals surface area contributed by atoms with Crippen LogP contribution in [-0.2, 0) is 13.1 Å². The SMILES string of the molecule is NCc1ccn(Cc2ccc([N+](=O)[O-])c(F)c2)c1. The lowest BCUT2D eigenvalue weighted by Crippen LogP contribution is -2.00. The highest BCUT2D eigenvalue weighted by molar-refractivity contribution is 5.35. The smallest absolute Gasteiger partial charge is 0.304 e. The van der Waals surface area contributed by atoms with Gasteiger partial charge >= 0.3 is 5.69 Å². The zero-order valence-electron chi connectivity index (χ0n) is 9.54. The van der Waals surface area contributed by atoms with Crippen LogP contribution < -0.4 is 5.73 Å². The number of benzene rings is 1. The predicted molar refractivity (Wildman–Crippen MR) is 64.5 cm³/mol.